The van der Waals surface area contributed by atoms with E-state index in [1.807, 2.05) is 29.6 Å². The first-order valence-corrected chi connectivity index (χ1v) is 9.89. The van der Waals surface area contributed by atoms with Crippen LogP contribution in [0.2, 0.25) is 0 Å². The zero-order chi connectivity index (χ0) is 20.3. The topological polar surface area (TPSA) is 61.9 Å². The minimum atomic E-state index is -0.489. The number of likely N-dealkylation sites (N-methyl/N-ethyl adjacent to an activating group) is 1. The number of nitrogens with zero attached hydrogens (tertiary/aromatic N) is 2. The molecule has 2 aromatic rings. The van der Waals surface area contributed by atoms with E-state index in [0.717, 1.165) is 13.1 Å². The number of anilines is 1. The molecule has 0 atom stereocenters. The average Bonchev–Trinajstić information content (AvgIpc) is 2.69. The molecule has 1 heterocycles. The summed E-state index contributed by atoms with van der Waals surface area (Å²) < 4.78 is 19.5. The van der Waals surface area contributed by atoms with Gasteiger partial charge in [-0.1, -0.05) is 0 Å². The van der Waals surface area contributed by atoms with E-state index in [0.29, 0.717) is 33.7 Å². The number of amides is 2. The van der Waals surface area contributed by atoms with E-state index in [-0.39, 0.29) is 11.5 Å². The van der Waals surface area contributed by atoms with Crippen molar-refractivity contribution in [1.29, 1.82) is 0 Å². The summed E-state index contributed by atoms with van der Waals surface area (Å²) in [6, 6.07) is 8.95. The number of hydrogen-bond acceptors (Lipinski definition) is 4. The van der Waals surface area contributed by atoms with Crippen molar-refractivity contribution in [3.63, 3.8) is 0 Å². The molecule has 2 aromatic carbocycles. The van der Waals surface area contributed by atoms with Crippen LogP contribution < -0.4 is 10.1 Å². The lowest BCUT2D eigenvalue weighted by Crippen LogP contribution is -2.47. The molecule has 28 heavy (non-hydrogen) atoms. The van der Waals surface area contributed by atoms with Gasteiger partial charge in [-0.05, 0) is 66.0 Å². The quantitative estimate of drug-likeness (QED) is 0.660. The molecule has 0 unspecified atom stereocenters. The van der Waals surface area contributed by atoms with E-state index >= 15 is 0 Å². The third-order valence-corrected chi connectivity index (χ3v) is 5.60. The van der Waals surface area contributed by atoms with Crippen LogP contribution in [0.1, 0.15) is 20.7 Å². The van der Waals surface area contributed by atoms with Gasteiger partial charge >= 0.3 is 0 Å². The number of carbonyl (C=O) groups is 2. The summed E-state index contributed by atoms with van der Waals surface area (Å²) in [5.41, 5.74) is 1.06. The van der Waals surface area contributed by atoms with Gasteiger partial charge < -0.3 is 19.9 Å². The molecule has 0 saturated carbocycles. The third kappa shape index (κ3) is 4.61. The SMILES string of the molecule is COc1ccc(C(=O)N2CCN(C)CC2)cc1NC(=O)c1cc(F)ccc1I. The normalized spacial score (nSPS) is 14.6. The second kappa shape index (κ2) is 8.87. The zero-order valence-electron chi connectivity index (χ0n) is 15.7. The first-order valence-electron chi connectivity index (χ1n) is 8.81. The van der Waals surface area contributed by atoms with Crippen LogP contribution in [-0.2, 0) is 0 Å². The van der Waals surface area contributed by atoms with Crippen LogP contribution in [0.4, 0.5) is 10.1 Å². The van der Waals surface area contributed by atoms with E-state index in [1.54, 1.807) is 23.1 Å². The van der Waals surface area contributed by atoms with E-state index in [4.69, 9.17) is 4.74 Å². The highest BCUT2D eigenvalue weighted by Crippen LogP contribution is 2.27. The highest BCUT2D eigenvalue weighted by molar-refractivity contribution is 14.1. The van der Waals surface area contributed by atoms with Crippen LogP contribution in [0.15, 0.2) is 36.4 Å². The molecule has 1 aliphatic rings. The van der Waals surface area contributed by atoms with Crippen molar-refractivity contribution in [3.8, 4) is 5.75 Å². The molecule has 1 saturated heterocycles. The molecule has 148 valence electrons. The minimum absolute atomic E-state index is 0.0911. The Morgan fingerprint density at radius 2 is 1.82 bits per heavy atom. The van der Waals surface area contributed by atoms with E-state index in [9.17, 15) is 14.0 Å². The summed E-state index contributed by atoms with van der Waals surface area (Å²) in [7, 11) is 3.51. The van der Waals surface area contributed by atoms with Crippen molar-refractivity contribution in [3.05, 3.63) is 56.9 Å². The Balaban J connectivity index is 1.84. The number of methoxy groups -OCH3 is 1. The standard InChI is InChI=1S/C20H21FIN3O3/c1-24-7-9-25(10-8-24)20(27)13-3-6-18(28-2)17(11-13)23-19(26)15-12-14(21)4-5-16(15)22/h3-6,11-12H,7-10H2,1-2H3,(H,23,26). The van der Waals surface area contributed by atoms with Gasteiger partial charge in [0.05, 0.1) is 18.4 Å². The molecular weight excluding hydrogens is 476 g/mol. The van der Waals surface area contributed by atoms with Crippen molar-refractivity contribution < 1.29 is 18.7 Å². The number of benzene rings is 2. The van der Waals surface area contributed by atoms with Crippen LogP contribution in [-0.4, -0.2) is 62.0 Å². The third-order valence-electron chi connectivity index (χ3n) is 4.66. The summed E-state index contributed by atoms with van der Waals surface area (Å²) in [6.07, 6.45) is 0. The van der Waals surface area contributed by atoms with Gasteiger partial charge in [0.15, 0.2) is 0 Å². The zero-order valence-corrected chi connectivity index (χ0v) is 17.8. The Bertz CT molecular complexity index is 898. The lowest BCUT2D eigenvalue weighted by atomic mass is 10.1. The predicted molar refractivity (Wildman–Crippen MR) is 113 cm³/mol. The van der Waals surface area contributed by atoms with Crippen LogP contribution in [0.25, 0.3) is 0 Å². The average molecular weight is 497 g/mol. The molecule has 0 bridgehead atoms. The fourth-order valence-corrected chi connectivity index (χ4v) is 3.57. The van der Waals surface area contributed by atoms with E-state index in [2.05, 4.69) is 10.2 Å². The van der Waals surface area contributed by atoms with Crippen LogP contribution in [0, 0.1) is 9.39 Å². The lowest BCUT2D eigenvalue weighted by Gasteiger charge is -2.32. The largest absolute Gasteiger partial charge is 0.495 e. The summed E-state index contributed by atoms with van der Waals surface area (Å²) in [5.74, 6) is -0.621. The maximum absolute atomic E-state index is 13.5. The van der Waals surface area contributed by atoms with Gasteiger partial charge in [-0.2, -0.15) is 0 Å². The van der Waals surface area contributed by atoms with Crippen LogP contribution >= 0.6 is 22.6 Å². The molecule has 2 amide bonds. The van der Waals surface area contributed by atoms with E-state index in [1.165, 1.54) is 25.3 Å². The second-order valence-corrected chi connectivity index (χ2v) is 7.75. The lowest BCUT2D eigenvalue weighted by molar-refractivity contribution is 0.0664. The van der Waals surface area contributed by atoms with Crippen molar-refractivity contribution in [1.82, 2.24) is 9.80 Å². The Kier molecular flexibility index (Phi) is 6.50. The van der Waals surface area contributed by atoms with E-state index < -0.39 is 11.7 Å². The number of nitrogens with one attached hydrogen (secondary N) is 1. The second-order valence-electron chi connectivity index (χ2n) is 6.59. The van der Waals surface area contributed by atoms with Gasteiger partial charge in [-0.25, -0.2) is 4.39 Å². The predicted octanol–water partition coefficient (Wildman–Crippen LogP) is 3.08. The minimum Gasteiger partial charge on any atom is -0.495 e. The fraction of sp³-hybridized carbons (Fsp3) is 0.300. The molecule has 0 radical (unpaired) electrons. The van der Waals surface area contributed by atoms with Gasteiger partial charge in [-0.3, -0.25) is 9.59 Å². The van der Waals surface area contributed by atoms with Gasteiger partial charge in [0.2, 0.25) is 0 Å². The van der Waals surface area contributed by atoms with Gasteiger partial charge in [0.25, 0.3) is 11.8 Å². The summed E-state index contributed by atoms with van der Waals surface area (Å²) >= 11 is 1.98. The molecule has 0 aromatic heterocycles. The van der Waals surface area contributed by atoms with Gasteiger partial charge in [0.1, 0.15) is 11.6 Å². The maximum Gasteiger partial charge on any atom is 0.256 e. The monoisotopic (exact) mass is 497 g/mol. The maximum atomic E-state index is 13.5. The first-order chi connectivity index (χ1) is 13.4. The molecule has 0 spiro atoms. The highest BCUT2D eigenvalue weighted by Gasteiger charge is 2.22. The Labute approximate surface area is 176 Å². The highest BCUT2D eigenvalue weighted by atomic mass is 127. The van der Waals surface area contributed by atoms with Crippen LogP contribution in [0.5, 0.6) is 5.75 Å². The number of halogens is 2. The smallest absolute Gasteiger partial charge is 0.256 e. The Morgan fingerprint density at radius 1 is 1.11 bits per heavy atom. The fourth-order valence-electron chi connectivity index (χ4n) is 2.99. The van der Waals surface area contributed by atoms with Crippen molar-refractivity contribution in [2.45, 2.75) is 0 Å². The summed E-state index contributed by atoms with van der Waals surface area (Å²) in [4.78, 5) is 29.4. The molecule has 6 nitrogen and oxygen atoms in total. The molecule has 1 N–H and O–H groups in total. The van der Waals surface area contributed by atoms with Gasteiger partial charge in [0, 0.05) is 35.3 Å². The first kappa shape index (κ1) is 20.5. The number of rotatable bonds is 4. The number of carbonyl (C=O) groups excluding carboxylic acids is 2. The Hall–Kier alpha value is -2.20. The summed E-state index contributed by atoms with van der Waals surface area (Å²) in [6.45, 7) is 2.96. The molecular formula is C20H21FIN3O3. The Morgan fingerprint density at radius 3 is 2.50 bits per heavy atom. The molecule has 0 aliphatic carbocycles. The molecule has 8 heteroatoms. The summed E-state index contributed by atoms with van der Waals surface area (Å²) in [5, 5.41) is 2.74. The molecule has 1 aliphatic heterocycles. The molecule has 1 fully saturated rings. The van der Waals surface area contributed by atoms with Crippen molar-refractivity contribution in [2.75, 3.05) is 45.7 Å². The van der Waals surface area contributed by atoms with Crippen LogP contribution in [0.3, 0.4) is 0 Å². The number of hydrogen-bond donors (Lipinski definition) is 1. The number of piperazine rings is 1. The van der Waals surface area contributed by atoms with Crippen molar-refractivity contribution >= 4 is 40.1 Å². The molecule has 3 rings (SSSR count). The van der Waals surface area contributed by atoms with Gasteiger partial charge in [-0.15, -0.1) is 0 Å². The van der Waals surface area contributed by atoms with Crippen molar-refractivity contribution in [2.24, 2.45) is 0 Å². The number of ether oxygens (including phenoxy) is 1.